The quantitative estimate of drug-likeness (QED) is 0.0262. The first-order chi connectivity index (χ1) is 43.1. The molecule has 48 heteroatoms. The number of hydrogen-bond donors (Lipinski definition) is 22. The molecule has 0 saturated carbocycles. The van der Waals surface area contributed by atoms with Gasteiger partial charge in [-0.25, -0.2) is 13.3 Å². The molecule has 540 valence electrons. The minimum Gasteiger partial charge on any atom is -0.480 e. The predicted molar refractivity (Wildman–Crippen MR) is 335 cm³/mol. The number of aliphatic carboxylic acids is 3. The highest BCUT2D eigenvalue weighted by Crippen LogP contribution is 2.36. The van der Waals surface area contributed by atoms with Crippen molar-refractivity contribution in [2.45, 2.75) is 145 Å². The molecule has 3 fully saturated rings. The maximum atomic E-state index is 13.2. The summed E-state index contributed by atoms with van der Waals surface area (Å²) in [6, 6.07) is -6.76. The molecule has 12 atom stereocenters. The van der Waals surface area contributed by atoms with E-state index in [1.807, 2.05) is 0 Å². The minimum absolute atomic E-state index is 0.0273. The monoisotopic (exact) mass is 1410 g/mol. The van der Waals surface area contributed by atoms with Crippen molar-refractivity contribution in [1.82, 2.24) is 42.2 Å². The molecule has 3 rings (SSSR count). The van der Waals surface area contributed by atoms with Crippen LogP contribution in [0.3, 0.4) is 0 Å². The van der Waals surface area contributed by atoms with Crippen LogP contribution in [0.5, 0.6) is 0 Å². The van der Waals surface area contributed by atoms with E-state index in [-0.39, 0.29) is 110 Å². The van der Waals surface area contributed by atoms with Crippen LogP contribution >= 0.6 is 0 Å². The molecule has 6 amide bonds. The van der Waals surface area contributed by atoms with Gasteiger partial charge >= 0.3 is 69.9 Å². The molecule has 3 aliphatic rings. The Labute approximate surface area is 545 Å². The molecule has 0 bridgehead atoms. The first-order valence-electron chi connectivity index (χ1n) is 29.5. The summed E-state index contributed by atoms with van der Waals surface area (Å²) in [6.07, 6.45) is 0.925. The van der Waals surface area contributed by atoms with E-state index < -0.39 is 196 Å². The molecule has 94 heavy (non-hydrogen) atoms. The molecule has 3 saturated heterocycles. The lowest BCUT2D eigenvalue weighted by Gasteiger charge is -2.30. The van der Waals surface area contributed by atoms with Crippen LogP contribution in [0.25, 0.3) is 0 Å². The fourth-order valence-corrected chi connectivity index (χ4v) is 14.6. The molecule has 0 aromatic carbocycles. The summed E-state index contributed by atoms with van der Waals surface area (Å²) in [6.45, 7) is 2.80. The smallest absolute Gasteiger partial charge is 0.451 e. The predicted octanol–water partition coefficient (Wildman–Crippen LogP) is -13.2. The maximum absolute atomic E-state index is 13.2. The third kappa shape index (κ3) is 24.0. The molecule has 0 aromatic heterocycles. The number of carboxylic acid groups (broad SMARTS) is 3. The zero-order valence-electron chi connectivity index (χ0n) is 52.9. The normalized spacial score (nSPS) is 23.6. The van der Waals surface area contributed by atoms with Crippen LogP contribution in [-0.4, -0.2) is 292 Å². The number of nitrogens with one attached hydrogen (secondary N) is 4. The first kappa shape index (κ1) is 86.6. The van der Waals surface area contributed by atoms with Crippen molar-refractivity contribution in [3.8, 4) is 0 Å². The van der Waals surface area contributed by atoms with E-state index >= 15 is 0 Å². The maximum Gasteiger partial charge on any atom is 0.451 e. The molecule has 0 spiro atoms. The van der Waals surface area contributed by atoms with Crippen LogP contribution in [-0.2, 0) is 73.8 Å². The van der Waals surface area contributed by atoms with Crippen molar-refractivity contribution < 1.29 is 114 Å². The lowest BCUT2D eigenvalue weighted by molar-refractivity contribution is -0.145. The Bertz CT molecular complexity index is 2950. The highest BCUT2D eigenvalue weighted by molar-refractivity contribution is 7.88. The van der Waals surface area contributed by atoms with Gasteiger partial charge in [-0.3, -0.25) is 43.2 Å². The van der Waals surface area contributed by atoms with Crippen molar-refractivity contribution in [2.75, 3.05) is 72.0 Å². The number of nitrogens with two attached hydrogens (primary N) is 9. The van der Waals surface area contributed by atoms with Crippen molar-refractivity contribution in [3.63, 3.8) is 0 Å². The SMILES string of the molecule is CCN(C(=O)[C@@H](N)CNC(=O)[C@H](C)N)S(=O)(=O)N1C[C@H](CCCB(O)O)[C@](N)(C(=O)O)C1.CCN(C(=O)[C@H](CN)NC(=O)[C@H](C)N)S(=O)(=O)N1C[C@H](CCCB(O)O)[C@](N)(C(=O)O)C1.C[C@H](N)C(=O)NC[C@H](N)C(=O)NS(=O)(=O)N1C[C@H](CCCB(O)O)[C@](N)(C(=O)O)C1. The molecule has 0 aromatic rings. The van der Waals surface area contributed by atoms with Gasteiger partial charge in [0, 0.05) is 89.7 Å². The van der Waals surface area contributed by atoms with Gasteiger partial charge < -0.3 is 113 Å². The standard InChI is InChI=1S/2C16H33BN6O8S.C14H29BN6O8S/c1-3-23(14(25)12(19)7-21-13(24)10(2)18)32(30,31)22-8-11(5-4-6-17(28)29)16(20,9-22)15(26)27;1-3-23(14(25)12(7-18)21-13(24)10(2)19)32(30,31)22-8-11(5-4-6-17(28)29)16(20,9-22)15(26)27;1-8(16)11(22)19-5-10(17)12(23)20-30(28,29)21-6-9(3-2-4-15(26)27)14(18,7-21)13(24)25/h2*10-12,28-29H,3-9,18-20H2,1-2H3,(H,21,24)(H,26,27);8-10,26-27H,2-7,16-18H2,1H3,(H,19,22)(H,20,23)(H,24,25)/t2*10-,11-,12-,16-;8-,9-,10-,14-/m000/s1. The van der Waals surface area contributed by atoms with Crippen molar-refractivity contribution >= 4 is 105 Å². The Morgan fingerprint density at radius 2 is 0.819 bits per heavy atom. The van der Waals surface area contributed by atoms with E-state index in [1.54, 1.807) is 4.72 Å². The topological polar surface area (TPSA) is 737 Å². The second-order valence-electron chi connectivity index (χ2n) is 23.1. The van der Waals surface area contributed by atoms with Crippen LogP contribution in [0.4, 0.5) is 0 Å². The summed E-state index contributed by atoms with van der Waals surface area (Å²) in [5.74, 6) is -11.6. The second-order valence-corrected chi connectivity index (χ2v) is 28.5. The van der Waals surface area contributed by atoms with Crippen LogP contribution in [0.1, 0.15) is 73.1 Å². The molecule has 3 heterocycles. The Balaban J connectivity index is 0.000000705. The summed E-state index contributed by atoms with van der Waals surface area (Å²) >= 11 is 0. The molecule has 0 unspecified atom stereocenters. The first-order valence-corrected chi connectivity index (χ1v) is 33.8. The summed E-state index contributed by atoms with van der Waals surface area (Å²) in [5.41, 5.74) is 45.3. The van der Waals surface area contributed by atoms with Gasteiger partial charge in [-0.15, -0.1) is 0 Å². The summed E-state index contributed by atoms with van der Waals surface area (Å²) in [7, 11) is -18.2. The van der Waals surface area contributed by atoms with Gasteiger partial charge in [-0.05, 0) is 72.8 Å². The van der Waals surface area contributed by atoms with Gasteiger partial charge in [0.1, 0.15) is 34.7 Å². The average molecular weight is 1410 g/mol. The third-order valence-corrected chi connectivity index (χ3v) is 20.9. The number of carbonyl (C=O) groups is 9. The molecule has 0 aliphatic carbocycles. The minimum atomic E-state index is -4.50. The number of carboxylic acids is 3. The average Bonchev–Trinajstić information content (AvgIpc) is 1.62. The zero-order valence-corrected chi connectivity index (χ0v) is 55.3. The Morgan fingerprint density at radius 3 is 1.12 bits per heavy atom. The molecule has 31 N–H and O–H groups in total. The van der Waals surface area contributed by atoms with Crippen molar-refractivity contribution in [1.29, 1.82) is 0 Å². The van der Waals surface area contributed by atoms with E-state index in [1.165, 1.54) is 34.6 Å². The van der Waals surface area contributed by atoms with Crippen molar-refractivity contribution in [2.24, 2.45) is 69.4 Å². The van der Waals surface area contributed by atoms with E-state index in [0.717, 1.165) is 12.9 Å². The molecule has 0 radical (unpaired) electrons. The van der Waals surface area contributed by atoms with Gasteiger partial charge in [-0.2, -0.15) is 38.2 Å². The number of nitrogens with zero attached hydrogens (tertiary/aromatic N) is 5. The van der Waals surface area contributed by atoms with Crippen LogP contribution in [0.15, 0.2) is 0 Å². The summed E-state index contributed by atoms with van der Waals surface area (Å²) < 4.78 is 82.9. The summed E-state index contributed by atoms with van der Waals surface area (Å²) in [4.78, 5) is 108. The van der Waals surface area contributed by atoms with E-state index in [2.05, 4.69) is 16.0 Å². The zero-order chi connectivity index (χ0) is 73.0. The number of rotatable bonds is 35. The van der Waals surface area contributed by atoms with Crippen molar-refractivity contribution in [3.05, 3.63) is 0 Å². The van der Waals surface area contributed by atoms with Crippen LogP contribution in [0.2, 0.25) is 19.0 Å². The molecular formula is C46H95B3N18O24S3. The van der Waals surface area contributed by atoms with Gasteiger partial charge in [0.05, 0.1) is 18.1 Å². The second kappa shape index (κ2) is 37.3. The van der Waals surface area contributed by atoms with E-state index in [0.29, 0.717) is 8.61 Å². The van der Waals surface area contributed by atoms with E-state index in [4.69, 9.17) is 81.7 Å². The van der Waals surface area contributed by atoms with Gasteiger partial charge in [0.15, 0.2) is 0 Å². The molecular weight excluding hydrogens is 1320 g/mol. The molecule has 3 aliphatic heterocycles. The number of likely N-dealkylation sites (N-methyl/N-ethyl adjacent to an activating group) is 2. The number of amides is 6. The lowest BCUT2D eigenvalue weighted by Crippen LogP contribution is -2.58. The summed E-state index contributed by atoms with van der Waals surface area (Å²) in [5, 5.41) is 89.4. The Hall–Kier alpha value is -5.45. The lowest BCUT2D eigenvalue weighted by atomic mass is 9.78. The van der Waals surface area contributed by atoms with Crippen LogP contribution in [0, 0.1) is 17.8 Å². The van der Waals surface area contributed by atoms with Gasteiger partial charge in [0.2, 0.25) is 17.7 Å². The molecule has 42 nitrogen and oxygen atoms in total. The Morgan fingerprint density at radius 1 is 0.511 bits per heavy atom. The van der Waals surface area contributed by atoms with Gasteiger partial charge in [0.25, 0.3) is 17.7 Å². The fraction of sp³-hybridized carbons (Fsp3) is 0.804. The highest BCUT2D eigenvalue weighted by atomic mass is 32.2. The van der Waals surface area contributed by atoms with Gasteiger partial charge in [-0.1, -0.05) is 19.3 Å². The Kier molecular flexibility index (Phi) is 34.4. The van der Waals surface area contributed by atoms with E-state index in [9.17, 15) is 83.7 Å². The largest absolute Gasteiger partial charge is 0.480 e. The highest BCUT2D eigenvalue weighted by Gasteiger charge is 2.56. The van der Waals surface area contributed by atoms with Crippen LogP contribution < -0.4 is 72.3 Å². The third-order valence-electron chi connectivity index (χ3n) is 15.6. The fourth-order valence-electron chi connectivity index (χ4n) is 9.85. The number of hydrogen-bond acceptors (Lipinski definition) is 30. The number of carbonyl (C=O) groups excluding carboxylic acids is 6.